The van der Waals surface area contributed by atoms with E-state index in [1.54, 1.807) is 12.2 Å². The van der Waals surface area contributed by atoms with E-state index in [0.717, 1.165) is 27.8 Å². The summed E-state index contributed by atoms with van der Waals surface area (Å²) in [5.41, 5.74) is 6.01. The molecule has 0 bridgehead atoms. The molecule has 0 atom stereocenters. The van der Waals surface area contributed by atoms with Crippen LogP contribution in [0.25, 0.3) is 12.2 Å². The monoisotopic (exact) mass is 410 g/mol. The lowest BCUT2D eigenvalue weighted by Gasteiger charge is -2.17. The largest absolute Gasteiger partial charge is 0.322 e. The topological polar surface area (TPSA) is 58.2 Å². The number of carbonyl (C=O) groups is 2. The van der Waals surface area contributed by atoms with Crippen LogP contribution in [0.4, 0.5) is 11.4 Å². The molecule has 0 heterocycles. The summed E-state index contributed by atoms with van der Waals surface area (Å²) in [6, 6.07) is 21.2. The molecule has 0 saturated heterocycles. The lowest BCUT2D eigenvalue weighted by molar-refractivity contribution is -0.112. The molecule has 4 heteroatoms. The van der Waals surface area contributed by atoms with Crippen molar-refractivity contribution in [1.82, 2.24) is 0 Å². The summed E-state index contributed by atoms with van der Waals surface area (Å²) in [5.74, 6) is -0.444. The minimum absolute atomic E-state index is 0.222. The van der Waals surface area contributed by atoms with Crippen molar-refractivity contribution >= 4 is 35.3 Å². The first-order chi connectivity index (χ1) is 14.9. The van der Waals surface area contributed by atoms with Gasteiger partial charge >= 0.3 is 0 Å². The summed E-state index contributed by atoms with van der Waals surface area (Å²) in [6.07, 6.45) is 6.56. The molecule has 156 valence electrons. The van der Waals surface area contributed by atoms with Crippen molar-refractivity contribution in [3.63, 3.8) is 0 Å². The summed E-state index contributed by atoms with van der Waals surface area (Å²) >= 11 is 0. The first kappa shape index (κ1) is 21.8. The van der Waals surface area contributed by atoms with E-state index in [1.807, 2.05) is 87.5 Å². The molecular weight excluding hydrogens is 384 g/mol. The predicted molar refractivity (Wildman–Crippen MR) is 129 cm³/mol. The Morgan fingerprint density at radius 3 is 1.42 bits per heavy atom. The maximum Gasteiger partial charge on any atom is 0.248 e. The Balaban J connectivity index is 1.76. The summed E-state index contributed by atoms with van der Waals surface area (Å²) in [5, 5.41) is 5.90. The highest BCUT2D eigenvalue weighted by Gasteiger charge is 2.14. The summed E-state index contributed by atoms with van der Waals surface area (Å²) in [6.45, 7) is 5.78. The van der Waals surface area contributed by atoms with E-state index in [-0.39, 0.29) is 11.8 Å². The van der Waals surface area contributed by atoms with Crippen molar-refractivity contribution in [3.8, 4) is 0 Å². The Morgan fingerprint density at radius 1 is 0.645 bits per heavy atom. The third-order valence-electron chi connectivity index (χ3n) is 4.92. The lowest BCUT2D eigenvalue weighted by atomic mass is 10.0. The van der Waals surface area contributed by atoms with Gasteiger partial charge in [-0.3, -0.25) is 9.59 Å². The number of anilines is 2. The summed E-state index contributed by atoms with van der Waals surface area (Å²) < 4.78 is 0. The van der Waals surface area contributed by atoms with E-state index in [4.69, 9.17) is 0 Å². The average molecular weight is 411 g/mol. The molecule has 0 radical (unpaired) electrons. The Bertz CT molecular complexity index is 1040. The number of amides is 2. The quantitative estimate of drug-likeness (QED) is 0.496. The van der Waals surface area contributed by atoms with Crippen LogP contribution < -0.4 is 10.6 Å². The van der Waals surface area contributed by atoms with Gasteiger partial charge in [-0.15, -0.1) is 0 Å². The van der Waals surface area contributed by atoms with E-state index in [0.29, 0.717) is 11.4 Å². The molecular formula is C27H26N2O2. The van der Waals surface area contributed by atoms with Crippen LogP contribution in [0.15, 0.2) is 78.9 Å². The predicted octanol–water partition coefficient (Wildman–Crippen LogP) is 5.92. The third kappa shape index (κ3) is 6.03. The van der Waals surface area contributed by atoms with Gasteiger partial charge in [0.2, 0.25) is 11.8 Å². The van der Waals surface area contributed by atoms with Crippen LogP contribution in [-0.4, -0.2) is 11.8 Å². The fraction of sp³-hybridized carbons (Fsp3) is 0.111. The molecule has 0 aliphatic rings. The molecule has 0 aliphatic heterocycles. The zero-order valence-electron chi connectivity index (χ0n) is 18.0. The molecule has 0 aromatic heterocycles. The number of aryl methyl sites for hydroxylation is 2. The fourth-order valence-corrected chi connectivity index (χ4v) is 3.37. The number of benzene rings is 3. The van der Waals surface area contributed by atoms with Crippen molar-refractivity contribution < 1.29 is 9.59 Å². The van der Waals surface area contributed by atoms with Gasteiger partial charge in [0.25, 0.3) is 0 Å². The molecule has 2 N–H and O–H groups in total. The number of rotatable bonds is 6. The molecule has 3 aromatic rings. The van der Waals surface area contributed by atoms with Gasteiger partial charge in [-0.25, -0.2) is 0 Å². The van der Waals surface area contributed by atoms with Crippen molar-refractivity contribution in [3.05, 3.63) is 107 Å². The fourth-order valence-electron chi connectivity index (χ4n) is 3.37. The molecule has 4 nitrogen and oxygen atoms in total. The number of carbonyl (C=O) groups excluding carboxylic acids is 2. The van der Waals surface area contributed by atoms with E-state index in [2.05, 4.69) is 10.6 Å². The number of hydrogen-bond acceptors (Lipinski definition) is 2. The van der Waals surface area contributed by atoms with Gasteiger partial charge < -0.3 is 10.6 Å². The SMILES string of the molecule is Cc1cc(C)c(NC(=O)C=Cc2ccccc2)c(C)c1NC(=O)C=Cc1ccccc1. The highest BCUT2D eigenvalue weighted by Crippen LogP contribution is 2.31. The van der Waals surface area contributed by atoms with Crippen molar-refractivity contribution in [1.29, 1.82) is 0 Å². The second kappa shape index (κ2) is 10.2. The molecule has 0 saturated carbocycles. The van der Waals surface area contributed by atoms with E-state index >= 15 is 0 Å². The van der Waals surface area contributed by atoms with Crippen LogP contribution in [-0.2, 0) is 9.59 Å². The standard InChI is InChI=1S/C27H26N2O2/c1-19-18-20(2)27(29-25(31)17-15-23-12-8-5-9-13-23)21(3)26(19)28-24(30)16-14-22-10-6-4-7-11-22/h4-18H,1-3H3,(H,28,30)(H,29,31). The van der Waals surface area contributed by atoms with Crippen LogP contribution in [0.1, 0.15) is 27.8 Å². The van der Waals surface area contributed by atoms with E-state index < -0.39 is 0 Å². The van der Waals surface area contributed by atoms with Gasteiger partial charge in [-0.05, 0) is 60.7 Å². The molecule has 3 rings (SSSR count). The second-order valence-corrected chi connectivity index (χ2v) is 7.35. The van der Waals surface area contributed by atoms with E-state index in [9.17, 15) is 9.59 Å². The summed E-state index contributed by atoms with van der Waals surface area (Å²) in [7, 11) is 0. The van der Waals surface area contributed by atoms with Crippen LogP contribution in [0, 0.1) is 20.8 Å². The summed E-state index contributed by atoms with van der Waals surface area (Å²) in [4.78, 5) is 24.9. The molecule has 3 aromatic carbocycles. The zero-order chi connectivity index (χ0) is 22.2. The zero-order valence-corrected chi connectivity index (χ0v) is 18.0. The minimum atomic E-state index is -0.222. The number of nitrogens with one attached hydrogen (secondary N) is 2. The first-order valence-electron chi connectivity index (χ1n) is 10.1. The van der Waals surface area contributed by atoms with Crippen molar-refractivity contribution in [2.45, 2.75) is 20.8 Å². The second-order valence-electron chi connectivity index (χ2n) is 7.35. The molecule has 0 aliphatic carbocycles. The smallest absolute Gasteiger partial charge is 0.248 e. The van der Waals surface area contributed by atoms with Crippen molar-refractivity contribution in [2.24, 2.45) is 0 Å². The van der Waals surface area contributed by atoms with E-state index in [1.165, 1.54) is 12.2 Å². The maximum atomic E-state index is 12.5. The average Bonchev–Trinajstić information content (AvgIpc) is 2.78. The first-order valence-corrected chi connectivity index (χ1v) is 10.1. The number of hydrogen-bond donors (Lipinski definition) is 2. The van der Waals surface area contributed by atoms with Gasteiger partial charge in [-0.2, -0.15) is 0 Å². The van der Waals surface area contributed by atoms with Gasteiger partial charge in [0.05, 0.1) is 0 Å². The van der Waals surface area contributed by atoms with Crippen LogP contribution in [0.2, 0.25) is 0 Å². The highest BCUT2D eigenvalue weighted by molar-refractivity contribution is 6.06. The Kier molecular flexibility index (Phi) is 7.17. The lowest BCUT2D eigenvalue weighted by Crippen LogP contribution is -2.15. The normalized spacial score (nSPS) is 11.1. The van der Waals surface area contributed by atoms with Gasteiger partial charge in [0.15, 0.2) is 0 Å². The molecule has 31 heavy (non-hydrogen) atoms. The van der Waals surface area contributed by atoms with Crippen LogP contribution in [0.3, 0.4) is 0 Å². The minimum Gasteiger partial charge on any atom is -0.322 e. The molecule has 2 amide bonds. The maximum absolute atomic E-state index is 12.5. The van der Waals surface area contributed by atoms with Gasteiger partial charge in [0.1, 0.15) is 0 Å². The van der Waals surface area contributed by atoms with Gasteiger partial charge in [0, 0.05) is 23.5 Å². The van der Waals surface area contributed by atoms with Crippen molar-refractivity contribution in [2.75, 3.05) is 10.6 Å². The Morgan fingerprint density at radius 2 is 1.03 bits per heavy atom. The molecule has 0 spiro atoms. The third-order valence-corrected chi connectivity index (χ3v) is 4.92. The molecule has 0 fully saturated rings. The Labute approximate surface area is 183 Å². The Hall–Kier alpha value is -3.92. The molecule has 0 unspecified atom stereocenters. The van der Waals surface area contributed by atoms with Gasteiger partial charge in [-0.1, -0.05) is 66.7 Å². The highest BCUT2D eigenvalue weighted by atomic mass is 16.2. The van der Waals surface area contributed by atoms with Crippen LogP contribution >= 0.6 is 0 Å². The van der Waals surface area contributed by atoms with Crippen LogP contribution in [0.5, 0.6) is 0 Å².